The minimum absolute atomic E-state index is 0.329. The van der Waals surface area contributed by atoms with Crippen molar-refractivity contribution in [1.82, 2.24) is 0 Å². The van der Waals surface area contributed by atoms with Gasteiger partial charge in [-0.3, -0.25) is 0 Å². The molecule has 0 spiro atoms. The summed E-state index contributed by atoms with van der Waals surface area (Å²) >= 11 is 3.94. The molecule has 1 saturated heterocycles. The summed E-state index contributed by atoms with van der Waals surface area (Å²) in [5, 5.41) is 0. The fourth-order valence-electron chi connectivity index (χ4n) is 4.34. The maximum absolute atomic E-state index is 5.40. The average molecular weight is 470 g/mol. The molecule has 1 aliphatic heterocycles. The Morgan fingerprint density at radius 2 is 1.21 bits per heavy atom. The monoisotopic (exact) mass is 469 g/mol. The van der Waals surface area contributed by atoms with Crippen LogP contribution in [0.25, 0.3) is 0 Å². The molecule has 0 amide bonds. The second kappa shape index (κ2) is 10.4. The summed E-state index contributed by atoms with van der Waals surface area (Å²) in [5.74, 6) is 1.37. The van der Waals surface area contributed by atoms with Gasteiger partial charge in [0.15, 0.2) is 0 Å². The van der Waals surface area contributed by atoms with E-state index in [-0.39, 0.29) is 0 Å². The van der Waals surface area contributed by atoms with Crippen molar-refractivity contribution in [2.75, 3.05) is 18.6 Å². The number of hydrogen-bond acceptors (Lipinski definition) is 4. The Kier molecular flexibility index (Phi) is 6.94. The molecule has 166 valence electrons. The molecule has 4 heteroatoms. The minimum Gasteiger partial charge on any atom is -0.497 e. The van der Waals surface area contributed by atoms with Crippen LogP contribution in [-0.2, 0) is 0 Å². The summed E-state index contributed by atoms with van der Waals surface area (Å²) in [6, 6.07) is 41.4. The normalized spacial score (nSPS) is 17.6. The van der Waals surface area contributed by atoms with E-state index >= 15 is 0 Å². The third-order valence-electron chi connectivity index (χ3n) is 6.07. The largest absolute Gasteiger partial charge is 0.497 e. The van der Waals surface area contributed by atoms with E-state index in [2.05, 4.69) is 120 Å². The molecule has 0 aromatic heterocycles. The standard InChI is InChI=1S/C29H27NOS2/c1-31-24-19-17-23(18-20-24)30-21-27(22-11-5-2-6-12-22)28(30)29(32-25-13-7-3-8-14-25)33-26-15-9-4-10-16-26/h2-20,27-29H,21H2,1H3/t27-,28+/m0/s1. The average Bonchev–Trinajstić information content (AvgIpc) is 2.86. The van der Waals surface area contributed by atoms with Gasteiger partial charge in [-0.05, 0) is 54.1 Å². The molecule has 5 rings (SSSR count). The van der Waals surface area contributed by atoms with Crippen molar-refractivity contribution in [3.8, 4) is 5.75 Å². The molecule has 1 aliphatic rings. The van der Waals surface area contributed by atoms with Gasteiger partial charge in [-0.25, -0.2) is 0 Å². The number of ether oxygens (including phenoxy) is 1. The van der Waals surface area contributed by atoms with E-state index in [1.165, 1.54) is 21.0 Å². The highest BCUT2D eigenvalue weighted by atomic mass is 32.2. The second-order valence-corrected chi connectivity index (χ2v) is 10.8. The molecular formula is C29H27NOS2. The first-order valence-electron chi connectivity index (χ1n) is 11.2. The van der Waals surface area contributed by atoms with Gasteiger partial charge in [0, 0.05) is 27.9 Å². The van der Waals surface area contributed by atoms with Crippen LogP contribution in [0.1, 0.15) is 11.5 Å². The van der Waals surface area contributed by atoms with Crippen molar-refractivity contribution >= 4 is 29.2 Å². The highest BCUT2D eigenvalue weighted by molar-refractivity contribution is 8.17. The van der Waals surface area contributed by atoms with Crippen molar-refractivity contribution in [2.45, 2.75) is 26.3 Å². The maximum Gasteiger partial charge on any atom is 0.119 e. The first-order chi connectivity index (χ1) is 16.3. The zero-order valence-corrected chi connectivity index (χ0v) is 20.2. The van der Waals surface area contributed by atoms with Crippen molar-refractivity contribution in [2.24, 2.45) is 0 Å². The van der Waals surface area contributed by atoms with Crippen molar-refractivity contribution in [3.63, 3.8) is 0 Å². The van der Waals surface area contributed by atoms with E-state index in [1.807, 2.05) is 23.5 Å². The van der Waals surface area contributed by atoms with Gasteiger partial charge in [-0.15, -0.1) is 23.5 Å². The highest BCUT2D eigenvalue weighted by Gasteiger charge is 2.45. The first kappa shape index (κ1) is 22.0. The molecule has 0 aliphatic carbocycles. The number of thioether (sulfide) groups is 2. The molecule has 0 N–H and O–H groups in total. The number of hydrogen-bond donors (Lipinski definition) is 0. The van der Waals surface area contributed by atoms with E-state index in [9.17, 15) is 0 Å². The molecule has 1 fully saturated rings. The fourth-order valence-corrected chi connectivity index (χ4v) is 7.32. The summed E-state index contributed by atoms with van der Waals surface area (Å²) in [6.45, 7) is 1.02. The Morgan fingerprint density at radius 3 is 1.73 bits per heavy atom. The Morgan fingerprint density at radius 1 is 0.697 bits per heavy atom. The molecule has 0 radical (unpaired) electrons. The third kappa shape index (κ3) is 5.07. The lowest BCUT2D eigenvalue weighted by atomic mass is 9.83. The molecule has 0 saturated carbocycles. The van der Waals surface area contributed by atoms with Crippen LogP contribution in [0, 0.1) is 0 Å². The van der Waals surface area contributed by atoms with Gasteiger partial charge in [0.1, 0.15) is 5.75 Å². The molecule has 4 aromatic rings. The summed E-state index contributed by atoms with van der Waals surface area (Å²) in [4.78, 5) is 5.17. The number of rotatable bonds is 8. The van der Waals surface area contributed by atoms with Gasteiger partial charge in [0.05, 0.1) is 17.7 Å². The molecule has 2 nitrogen and oxygen atoms in total. The van der Waals surface area contributed by atoms with Crippen LogP contribution >= 0.6 is 23.5 Å². The molecule has 1 heterocycles. The molecular weight excluding hydrogens is 442 g/mol. The van der Waals surface area contributed by atoms with Gasteiger partial charge in [0.2, 0.25) is 0 Å². The zero-order chi connectivity index (χ0) is 22.5. The summed E-state index contributed by atoms with van der Waals surface area (Å²) in [5.41, 5.74) is 2.67. The van der Waals surface area contributed by atoms with Crippen LogP contribution in [0.15, 0.2) is 125 Å². The third-order valence-corrected chi connectivity index (χ3v) is 8.76. The molecule has 2 atom stereocenters. The Bertz CT molecular complexity index is 1100. The van der Waals surface area contributed by atoms with Crippen molar-refractivity contribution in [1.29, 1.82) is 0 Å². The van der Waals surface area contributed by atoms with Crippen LogP contribution in [0.3, 0.4) is 0 Å². The van der Waals surface area contributed by atoms with E-state index in [4.69, 9.17) is 4.74 Å². The van der Waals surface area contributed by atoms with Crippen LogP contribution in [0.5, 0.6) is 5.75 Å². The number of methoxy groups -OCH3 is 1. The zero-order valence-electron chi connectivity index (χ0n) is 18.6. The van der Waals surface area contributed by atoms with Gasteiger partial charge >= 0.3 is 0 Å². The Balaban J connectivity index is 1.51. The van der Waals surface area contributed by atoms with E-state index in [0.29, 0.717) is 16.5 Å². The summed E-state index contributed by atoms with van der Waals surface area (Å²) < 4.78 is 5.73. The fraction of sp³-hybridized carbons (Fsp3) is 0.172. The quantitative estimate of drug-likeness (QED) is 0.195. The van der Waals surface area contributed by atoms with E-state index < -0.39 is 0 Å². The van der Waals surface area contributed by atoms with E-state index in [0.717, 1.165) is 12.3 Å². The van der Waals surface area contributed by atoms with Crippen molar-refractivity contribution in [3.05, 3.63) is 121 Å². The number of anilines is 1. The predicted octanol–water partition coefficient (Wildman–Crippen LogP) is 7.58. The highest BCUT2D eigenvalue weighted by Crippen LogP contribution is 2.49. The van der Waals surface area contributed by atoms with Crippen LogP contribution in [0.2, 0.25) is 0 Å². The Labute approximate surface area is 205 Å². The van der Waals surface area contributed by atoms with Crippen molar-refractivity contribution < 1.29 is 4.74 Å². The van der Waals surface area contributed by atoms with Crippen LogP contribution in [-0.4, -0.2) is 24.3 Å². The lowest BCUT2D eigenvalue weighted by Gasteiger charge is -2.53. The molecule has 33 heavy (non-hydrogen) atoms. The lowest BCUT2D eigenvalue weighted by Crippen LogP contribution is -2.59. The summed E-state index contributed by atoms with van der Waals surface area (Å²) in [6.07, 6.45) is 0. The van der Waals surface area contributed by atoms with Gasteiger partial charge < -0.3 is 9.64 Å². The number of benzene rings is 4. The first-order valence-corrected chi connectivity index (χ1v) is 13.0. The van der Waals surface area contributed by atoms with E-state index in [1.54, 1.807) is 7.11 Å². The van der Waals surface area contributed by atoms with Crippen LogP contribution < -0.4 is 9.64 Å². The topological polar surface area (TPSA) is 12.5 Å². The van der Waals surface area contributed by atoms with Gasteiger partial charge in [-0.2, -0.15) is 0 Å². The minimum atomic E-state index is 0.329. The second-order valence-electron chi connectivity index (χ2n) is 8.09. The summed E-state index contributed by atoms with van der Waals surface area (Å²) in [7, 11) is 1.72. The number of nitrogens with zero attached hydrogens (tertiary/aromatic N) is 1. The lowest BCUT2D eigenvalue weighted by molar-refractivity contribution is 0.400. The molecule has 4 aromatic carbocycles. The van der Waals surface area contributed by atoms with Gasteiger partial charge in [0.25, 0.3) is 0 Å². The smallest absolute Gasteiger partial charge is 0.119 e. The Hall–Kier alpha value is -2.82. The SMILES string of the molecule is COc1ccc(N2C[C@@H](c3ccccc3)[C@@H]2C(Sc2ccccc2)Sc2ccccc2)cc1. The molecule has 0 unspecified atom stereocenters. The van der Waals surface area contributed by atoms with Gasteiger partial charge in [-0.1, -0.05) is 66.7 Å². The van der Waals surface area contributed by atoms with Crippen LogP contribution in [0.4, 0.5) is 5.69 Å². The molecule has 0 bridgehead atoms. The maximum atomic E-state index is 5.40. The predicted molar refractivity (Wildman–Crippen MR) is 142 cm³/mol.